The van der Waals surface area contributed by atoms with Crippen LogP contribution >= 0.6 is 7.82 Å². The fourth-order valence-electron chi connectivity index (χ4n) is 10.1. The monoisotopic (exact) mass is 1160 g/mol. The Morgan fingerprint density at radius 2 is 0.753 bits per heavy atom. The van der Waals surface area contributed by atoms with Crippen LogP contribution in [0.4, 0.5) is 0 Å². The Balaban J connectivity index is 5.13. The molecule has 0 aliphatic heterocycles. The second kappa shape index (κ2) is 60.8. The van der Waals surface area contributed by atoms with Gasteiger partial charge in [0.15, 0.2) is 0 Å². The average molecular weight is 1160 g/mol. The standard InChI is InChI=1S/C71H133N2O7P/c1-7-10-13-16-19-22-25-28-30-32-33-34-35-36-37-38-39-41-43-46-49-52-55-58-61-64-71(75)80-69(62-59-56-53-50-47-44-27-24-21-18-15-12-9-3)68(67-79-81(76,77)78-66-65-73(4,5)6)72-70(74)63-60-57-54-51-48-45-42-40-31-29-26-23-20-17-14-11-8-2/h19,22,28,30,33-34,36-37,59,62,68-69H,7-18,20-21,23-27,29,31-32,35,38-58,60-61,63-67H2,1-6H3,(H-,72,74,76,77)/p+1/b22-19-,30-28-,34-33-,37-36-,62-59+. The van der Waals surface area contributed by atoms with Crippen LogP contribution in [0.5, 0.6) is 0 Å². The third kappa shape index (κ3) is 62.1. The van der Waals surface area contributed by atoms with Crippen molar-refractivity contribution in [2.45, 2.75) is 341 Å². The van der Waals surface area contributed by atoms with E-state index >= 15 is 0 Å². The molecule has 1 amide bonds. The lowest BCUT2D eigenvalue weighted by atomic mass is 10.0. The Hall–Kier alpha value is -2.29. The van der Waals surface area contributed by atoms with Gasteiger partial charge in [0.05, 0.1) is 33.8 Å². The smallest absolute Gasteiger partial charge is 0.456 e. The van der Waals surface area contributed by atoms with Gasteiger partial charge in [0.2, 0.25) is 5.91 Å². The molecule has 0 bridgehead atoms. The number of carbonyl (C=O) groups excluding carboxylic acids is 2. The Labute approximate surface area is 502 Å². The Bertz CT molecular complexity index is 1570. The number of unbranched alkanes of at least 4 members (excludes halogenated alkanes) is 39. The predicted molar refractivity (Wildman–Crippen MR) is 351 cm³/mol. The highest BCUT2D eigenvalue weighted by Crippen LogP contribution is 2.43. The van der Waals surface area contributed by atoms with Gasteiger partial charge < -0.3 is 19.4 Å². The van der Waals surface area contributed by atoms with Crippen LogP contribution in [0.3, 0.4) is 0 Å². The minimum absolute atomic E-state index is 0.0399. The molecule has 0 radical (unpaired) electrons. The second-order valence-electron chi connectivity index (χ2n) is 24.7. The number of nitrogens with zero attached hydrogens (tertiary/aromatic N) is 1. The molecular weight excluding hydrogens is 1020 g/mol. The molecule has 0 aromatic heterocycles. The molecule has 0 heterocycles. The van der Waals surface area contributed by atoms with Crippen molar-refractivity contribution in [1.82, 2.24) is 5.32 Å². The maximum absolute atomic E-state index is 13.6. The van der Waals surface area contributed by atoms with Crippen molar-refractivity contribution >= 4 is 19.7 Å². The lowest BCUT2D eigenvalue weighted by Crippen LogP contribution is -2.47. The minimum atomic E-state index is -4.45. The summed E-state index contributed by atoms with van der Waals surface area (Å²) in [6.07, 6.45) is 77.9. The van der Waals surface area contributed by atoms with Crippen LogP contribution in [0.2, 0.25) is 0 Å². The molecule has 0 aromatic carbocycles. The minimum Gasteiger partial charge on any atom is -0.456 e. The molecule has 0 saturated carbocycles. The van der Waals surface area contributed by atoms with E-state index in [9.17, 15) is 19.0 Å². The van der Waals surface area contributed by atoms with Crippen molar-refractivity contribution in [1.29, 1.82) is 0 Å². The van der Waals surface area contributed by atoms with Crippen LogP contribution < -0.4 is 5.32 Å². The molecule has 0 aliphatic rings. The maximum Gasteiger partial charge on any atom is 0.472 e. The van der Waals surface area contributed by atoms with Crippen LogP contribution in [0.25, 0.3) is 0 Å². The first kappa shape index (κ1) is 78.7. The summed E-state index contributed by atoms with van der Waals surface area (Å²) in [7, 11) is 1.50. The molecule has 0 fully saturated rings. The predicted octanol–water partition coefficient (Wildman–Crippen LogP) is 21.8. The highest BCUT2D eigenvalue weighted by atomic mass is 31.2. The summed E-state index contributed by atoms with van der Waals surface area (Å²) in [5.74, 6) is -0.498. The van der Waals surface area contributed by atoms with Crippen molar-refractivity contribution in [3.8, 4) is 0 Å². The number of allylic oxidation sites excluding steroid dienone is 9. The van der Waals surface area contributed by atoms with Gasteiger partial charge in [-0.25, -0.2) is 4.57 Å². The molecule has 10 heteroatoms. The van der Waals surface area contributed by atoms with E-state index < -0.39 is 20.0 Å². The van der Waals surface area contributed by atoms with Crippen molar-refractivity contribution in [3.63, 3.8) is 0 Å². The second-order valence-corrected chi connectivity index (χ2v) is 26.2. The first-order chi connectivity index (χ1) is 39.4. The Morgan fingerprint density at radius 3 is 1.15 bits per heavy atom. The number of likely N-dealkylation sites (N-methyl/N-ethyl adjacent to an activating group) is 1. The van der Waals surface area contributed by atoms with Crippen LogP contribution in [-0.4, -0.2) is 74.3 Å². The van der Waals surface area contributed by atoms with Crippen LogP contribution in [0.15, 0.2) is 60.8 Å². The Kier molecular flexibility index (Phi) is 59.1. The van der Waals surface area contributed by atoms with E-state index in [4.69, 9.17) is 13.8 Å². The van der Waals surface area contributed by atoms with Gasteiger partial charge in [-0.2, -0.15) is 0 Å². The zero-order valence-corrected chi connectivity index (χ0v) is 55.2. The van der Waals surface area contributed by atoms with Gasteiger partial charge in [0.25, 0.3) is 0 Å². The molecule has 0 aromatic rings. The molecule has 0 aliphatic carbocycles. The fourth-order valence-corrected chi connectivity index (χ4v) is 10.8. The van der Waals surface area contributed by atoms with E-state index in [1.807, 2.05) is 33.3 Å². The molecular formula is C71H134N2O7P+. The van der Waals surface area contributed by atoms with Gasteiger partial charge in [0, 0.05) is 12.8 Å². The Morgan fingerprint density at radius 1 is 0.432 bits per heavy atom. The molecule has 3 atom stereocenters. The largest absolute Gasteiger partial charge is 0.472 e. The molecule has 9 nitrogen and oxygen atoms in total. The SMILES string of the molecule is CCCCC/C=C\C/C=C\C/C=C\C/C=C\CCCCCCCCCCCC(=O)OC(/C=C/CCCCCCCCCCCCC)C(COP(=O)(O)OCC[N+](C)(C)C)NC(=O)CCCCCCCCCCCCCCCCCCC. The van der Waals surface area contributed by atoms with E-state index in [1.165, 1.54) is 212 Å². The van der Waals surface area contributed by atoms with E-state index in [2.05, 4.69) is 74.7 Å². The van der Waals surface area contributed by atoms with Crippen molar-refractivity contribution < 1.29 is 37.3 Å². The van der Waals surface area contributed by atoms with Crippen LogP contribution in [0, 0.1) is 0 Å². The first-order valence-electron chi connectivity index (χ1n) is 34.6. The average Bonchev–Trinajstić information content (AvgIpc) is 3.44. The zero-order chi connectivity index (χ0) is 59.3. The number of carbonyl (C=O) groups is 2. The van der Waals surface area contributed by atoms with E-state index in [1.54, 1.807) is 0 Å². The summed E-state index contributed by atoms with van der Waals surface area (Å²) in [5, 5.41) is 3.07. The lowest BCUT2D eigenvalue weighted by molar-refractivity contribution is -0.870. The number of hydrogen-bond acceptors (Lipinski definition) is 6. The molecule has 3 unspecified atom stereocenters. The van der Waals surface area contributed by atoms with E-state index in [0.29, 0.717) is 17.4 Å². The molecule has 0 rings (SSSR count). The maximum atomic E-state index is 13.6. The fraction of sp³-hybridized carbons (Fsp3) is 0.831. The summed E-state index contributed by atoms with van der Waals surface area (Å²) in [5.41, 5.74) is 0. The molecule has 0 saturated heterocycles. The number of hydrogen-bond donors (Lipinski definition) is 2. The van der Waals surface area contributed by atoms with Crippen molar-refractivity contribution in [2.75, 3.05) is 40.9 Å². The third-order valence-corrected chi connectivity index (χ3v) is 16.4. The summed E-state index contributed by atoms with van der Waals surface area (Å²) < 4.78 is 30.8. The number of amides is 1. The van der Waals surface area contributed by atoms with Crippen LogP contribution in [0.1, 0.15) is 329 Å². The van der Waals surface area contributed by atoms with Gasteiger partial charge in [-0.3, -0.25) is 18.6 Å². The number of rotatable bonds is 63. The quantitative estimate of drug-likeness (QED) is 0.0205. The number of ether oxygens (including phenoxy) is 1. The highest BCUT2D eigenvalue weighted by Gasteiger charge is 2.30. The summed E-state index contributed by atoms with van der Waals surface area (Å²) in [4.78, 5) is 37.9. The van der Waals surface area contributed by atoms with Gasteiger partial charge in [-0.05, 0) is 76.7 Å². The number of quaternary nitrogens is 1. The molecule has 2 N–H and O–H groups in total. The molecule has 474 valence electrons. The van der Waals surface area contributed by atoms with Gasteiger partial charge in [0.1, 0.15) is 19.3 Å². The number of esters is 1. The van der Waals surface area contributed by atoms with Gasteiger partial charge in [-0.15, -0.1) is 0 Å². The highest BCUT2D eigenvalue weighted by molar-refractivity contribution is 7.47. The van der Waals surface area contributed by atoms with E-state index in [0.717, 1.165) is 83.5 Å². The number of nitrogens with one attached hydrogen (secondary N) is 1. The lowest BCUT2D eigenvalue weighted by Gasteiger charge is -2.27. The summed E-state index contributed by atoms with van der Waals surface area (Å²) in [6.45, 7) is 7.02. The third-order valence-electron chi connectivity index (χ3n) is 15.5. The molecule has 81 heavy (non-hydrogen) atoms. The van der Waals surface area contributed by atoms with Crippen molar-refractivity contribution in [2.24, 2.45) is 0 Å². The number of phosphoric acid groups is 1. The van der Waals surface area contributed by atoms with Gasteiger partial charge >= 0.3 is 13.8 Å². The van der Waals surface area contributed by atoms with Crippen LogP contribution in [-0.2, 0) is 27.9 Å². The first-order valence-corrected chi connectivity index (χ1v) is 36.1. The van der Waals surface area contributed by atoms with E-state index in [-0.39, 0.29) is 31.5 Å². The topological polar surface area (TPSA) is 111 Å². The number of phosphoric ester groups is 1. The van der Waals surface area contributed by atoms with Gasteiger partial charge in [-0.1, -0.05) is 300 Å². The normalized spacial score (nSPS) is 13.9. The van der Waals surface area contributed by atoms with Crippen molar-refractivity contribution in [3.05, 3.63) is 60.8 Å². The zero-order valence-electron chi connectivity index (χ0n) is 54.3. The summed E-state index contributed by atoms with van der Waals surface area (Å²) >= 11 is 0. The molecule has 0 spiro atoms. The summed E-state index contributed by atoms with van der Waals surface area (Å²) in [6, 6.07) is -0.850.